The summed E-state index contributed by atoms with van der Waals surface area (Å²) in [5, 5.41) is 8.57. The minimum atomic E-state index is -0.472. The Morgan fingerprint density at radius 3 is 2.19 bits per heavy atom. The molecule has 0 aliphatic carbocycles. The molecule has 1 aromatic rings. The lowest BCUT2D eigenvalue weighted by molar-refractivity contribution is -0.130. The first-order chi connectivity index (χ1) is 17.1. The van der Waals surface area contributed by atoms with Crippen LogP contribution in [0.3, 0.4) is 0 Å². The molecule has 0 bridgehead atoms. The predicted molar refractivity (Wildman–Crippen MR) is 141 cm³/mol. The molecular formula is C27H42N4O5. The zero-order chi connectivity index (χ0) is 26.4. The molecule has 4 amide bonds. The van der Waals surface area contributed by atoms with Gasteiger partial charge in [-0.15, -0.1) is 0 Å². The van der Waals surface area contributed by atoms with Crippen LogP contribution in [-0.4, -0.2) is 49.1 Å². The van der Waals surface area contributed by atoms with E-state index >= 15 is 0 Å². The summed E-state index contributed by atoms with van der Waals surface area (Å²) in [5.74, 6) is -0.650. The minimum Gasteiger partial charge on any atom is -0.444 e. The molecular weight excluding hydrogens is 460 g/mol. The SMILES string of the molecule is CC(C)(C)OC(=O)NCCCCCCCNc1ccc(N2CCC(=O)NC(=O)CCCCC2=O)cc1. The maximum Gasteiger partial charge on any atom is 0.407 e. The second-order valence-corrected chi connectivity index (χ2v) is 10.1. The summed E-state index contributed by atoms with van der Waals surface area (Å²) >= 11 is 0. The van der Waals surface area contributed by atoms with Gasteiger partial charge in [-0.25, -0.2) is 4.79 Å². The number of rotatable bonds is 10. The number of carbonyl (C=O) groups excluding carboxylic acids is 4. The molecule has 1 heterocycles. The zero-order valence-electron chi connectivity index (χ0n) is 22.0. The smallest absolute Gasteiger partial charge is 0.407 e. The van der Waals surface area contributed by atoms with E-state index in [4.69, 9.17) is 4.74 Å². The van der Waals surface area contributed by atoms with Crippen molar-refractivity contribution in [3.63, 3.8) is 0 Å². The van der Waals surface area contributed by atoms with Crippen LogP contribution in [0.2, 0.25) is 0 Å². The van der Waals surface area contributed by atoms with Crippen LogP contribution in [0.15, 0.2) is 24.3 Å². The van der Waals surface area contributed by atoms with Gasteiger partial charge < -0.3 is 20.3 Å². The maximum absolute atomic E-state index is 12.7. The van der Waals surface area contributed by atoms with Crippen molar-refractivity contribution in [3.05, 3.63) is 24.3 Å². The van der Waals surface area contributed by atoms with Crippen LogP contribution in [0.5, 0.6) is 0 Å². The molecule has 9 nitrogen and oxygen atoms in total. The maximum atomic E-state index is 12.7. The zero-order valence-corrected chi connectivity index (χ0v) is 22.0. The molecule has 1 aliphatic rings. The highest BCUT2D eigenvalue weighted by atomic mass is 16.6. The van der Waals surface area contributed by atoms with Crippen molar-refractivity contribution in [1.29, 1.82) is 0 Å². The van der Waals surface area contributed by atoms with Gasteiger partial charge in [0.2, 0.25) is 17.7 Å². The van der Waals surface area contributed by atoms with Crippen LogP contribution >= 0.6 is 0 Å². The van der Waals surface area contributed by atoms with Gasteiger partial charge in [0.15, 0.2) is 0 Å². The van der Waals surface area contributed by atoms with E-state index in [1.54, 1.807) is 4.90 Å². The summed E-state index contributed by atoms with van der Waals surface area (Å²) in [6.07, 6.45) is 6.80. The molecule has 0 radical (unpaired) electrons. The van der Waals surface area contributed by atoms with Crippen LogP contribution in [0.4, 0.5) is 16.2 Å². The number of unbranched alkanes of at least 4 members (excludes halogenated alkanes) is 4. The number of benzene rings is 1. The predicted octanol–water partition coefficient (Wildman–Crippen LogP) is 4.51. The molecule has 0 saturated carbocycles. The van der Waals surface area contributed by atoms with E-state index in [2.05, 4.69) is 16.0 Å². The summed E-state index contributed by atoms with van der Waals surface area (Å²) in [7, 11) is 0. The highest BCUT2D eigenvalue weighted by molar-refractivity contribution is 5.97. The Hall–Kier alpha value is -3.10. The molecule has 1 aromatic carbocycles. The van der Waals surface area contributed by atoms with Gasteiger partial charge >= 0.3 is 6.09 Å². The van der Waals surface area contributed by atoms with E-state index in [0.717, 1.165) is 50.0 Å². The summed E-state index contributed by atoms with van der Waals surface area (Å²) in [6, 6.07) is 7.67. The average Bonchev–Trinajstić information content (AvgIpc) is 2.82. The standard InChI is InChI=1S/C27H42N4O5/c1-27(2,3)36-26(35)29-19-10-6-4-5-9-18-28-21-13-15-22(16-14-21)31-20-17-24(33)30-23(32)11-7-8-12-25(31)34/h13-16,28H,4-12,17-20H2,1-3H3,(H,29,35)(H,30,32,33). The molecule has 36 heavy (non-hydrogen) atoms. The molecule has 0 unspecified atom stereocenters. The lowest BCUT2D eigenvalue weighted by Gasteiger charge is -2.23. The van der Waals surface area contributed by atoms with Crippen molar-refractivity contribution in [2.24, 2.45) is 0 Å². The highest BCUT2D eigenvalue weighted by Gasteiger charge is 2.19. The summed E-state index contributed by atoms with van der Waals surface area (Å²) in [5.41, 5.74) is 1.26. The second kappa shape index (κ2) is 15.1. The lowest BCUT2D eigenvalue weighted by atomic mass is 10.1. The normalized spacial score (nSPS) is 15.6. The van der Waals surface area contributed by atoms with Gasteiger partial charge in [0.25, 0.3) is 0 Å². The van der Waals surface area contributed by atoms with Gasteiger partial charge in [0.05, 0.1) is 0 Å². The topological polar surface area (TPSA) is 117 Å². The minimum absolute atomic E-state index is 0.0286. The first-order valence-corrected chi connectivity index (χ1v) is 13.1. The summed E-state index contributed by atoms with van der Waals surface area (Å²) in [6.45, 7) is 7.28. The Morgan fingerprint density at radius 2 is 1.50 bits per heavy atom. The Kier molecular flexibility index (Phi) is 12.2. The molecule has 1 saturated heterocycles. The van der Waals surface area contributed by atoms with Crippen LogP contribution in [-0.2, 0) is 19.1 Å². The first kappa shape index (κ1) is 29.1. The Bertz CT molecular complexity index is 864. The van der Waals surface area contributed by atoms with E-state index in [0.29, 0.717) is 25.8 Å². The van der Waals surface area contributed by atoms with E-state index in [-0.39, 0.29) is 43.2 Å². The van der Waals surface area contributed by atoms with Crippen molar-refractivity contribution in [2.45, 2.75) is 90.6 Å². The summed E-state index contributed by atoms with van der Waals surface area (Å²) in [4.78, 5) is 49.6. The van der Waals surface area contributed by atoms with Crippen LogP contribution in [0.25, 0.3) is 0 Å². The quantitative estimate of drug-likeness (QED) is 0.320. The summed E-state index contributed by atoms with van der Waals surface area (Å²) < 4.78 is 5.21. The second-order valence-electron chi connectivity index (χ2n) is 10.1. The first-order valence-electron chi connectivity index (χ1n) is 13.1. The Labute approximate surface area is 214 Å². The van der Waals surface area contributed by atoms with Crippen molar-refractivity contribution >= 4 is 35.2 Å². The number of amides is 4. The largest absolute Gasteiger partial charge is 0.444 e. The fraction of sp³-hybridized carbons (Fsp3) is 0.630. The number of imide groups is 1. The Balaban J connectivity index is 1.66. The highest BCUT2D eigenvalue weighted by Crippen LogP contribution is 2.21. The molecule has 0 spiro atoms. The lowest BCUT2D eigenvalue weighted by Crippen LogP contribution is -2.36. The Morgan fingerprint density at radius 1 is 0.889 bits per heavy atom. The van der Waals surface area contributed by atoms with Gasteiger partial charge in [-0.2, -0.15) is 0 Å². The number of nitrogens with zero attached hydrogens (tertiary/aromatic N) is 1. The van der Waals surface area contributed by atoms with E-state index in [9.17, 15) is 19.2 Å². The number of hydrogen-bond acceptors (Lipinski definition) is 6. The fourth-order valence-electron chi connectivity index (χ4n) is 3.87. The third kappa shape index (κ3) is 12.0. The van der Waals surface area contributed by atoms with Gasteiger partial charge in [0, 0.05) is 50.3 Å². The molecule has 0 atom stereocenters. The average molecular weight is 503 g/mol. The van der Waals surface area contributed by atoms with Gasteiger partial charge in [0.1, 0.15) is 5.60 Å². The van der Waals surface area contributed by atoms with Crippen molar-refractivity contribution < 1.29 is 23.9 Å². The van der Waals surface area contributed by atoms with Gasteiger partial charge in [-0.3, -0.25) is 19.7 Å². The van der Waals surface area contributed by atoms with E-state index in [1.165, 1.54) is 0 Å². The van der Waals surface area contributed by atoms with Gasteiger partial charge in [-0.05, 0) is 70.7 Å². The van der Waals surface area contributed by atoms with E-state index in [1.807, 2.05) is 45.0 Å². The third-order valence-electron chi connectivity index (χ3n) is 5.72. The van der Waals surface area contributed by atoms with Crippen molar-refractivity contribution in [1.82, 2.24) is 10.6 Å². The molecule has 1 aliphatic heterocycles. The van der Waals surface area contributed by atoms with Crippen LogP contribution < -0.4 is 20.9 Å². The molecule has 9 heteroatoms. The number of carbonyl (C=O) groups is 4. The number of alkyl carbamates (subject to hydrolysis) is 1. The van der Waals surface area contributed by atoms with Gasteiger partial charge in [-0.1, -0.05) is 19.3 Å². The van der Waals surface area contributed by atoms with Crippen LogP contribution in [0.1, 0.15) is 85.0 Å². The number of anilines is 2. The molecule has 2 rings (SSSR count). The monoisotopic (exact) mass is 502 g/mol. The third-order valence-corrected chi connectivity index (χ3v) is 5.72. The van der Waals surface area contributed by atoms with Crippen molar-refractivity contribution in [2.75, 3.05) is 29.9 Å². The molecule has 0 aromatic heterocycles. The molecule has 3 N–H and O–H groups in total. The number of hydrogen-bond donors (Lipinski definition) is 3. The molecule has 200 valence electrons. The van der Waals surface area contributed by atoms with Crippen LogP contribution in [0, 0.1) is 0 Å². The number of nitrogens with one attached hydrogen (secondary N) is 3. The van der Waals surface area contributed by atoms with Crippen molar-refractivity contribution in [3.8, 4) is 0 Å². The molecule has 1 fully saturated rings. The van der Waals surface area contributed by atoms with E-state index < -0.39 is 5.60 Å². The fourth-order valence-corrected chi connectivity index (χ4v) is 3.87. The number of ether oxygens (including phenoxy) is 1.